The first kappa shape index (κ1) is 20.4. The largest absolute Gasteiger partial charge is 0.455 e. The number of halogens is 2. The van der Waals surface area contributed by atoms with E-state index in [1.165, 1.54) is 18.5 Å². The second-order valence-electron chi connectivity index (χ2n) is 8.04. The van der Waals surface area contributed by atoms with Gasteiger partial charge in [-0.25, -0.2) is 9.97 Å². The van der Waals surface area contributed by atoms with E-state index in [1.54, 1.807) is 42.6 Å². The van der Waals surface area contributed by atoms with E-state index in [0.717, 1.165) is 0 Å². The summed E-state index contributed by atoms with van der Waals surface area (Å²) in [7, 11) is 0. The number of hydrogen-bond acceptors (Lipinski definition) is 7. The summed E-state index contributed by atoms with van der Waals surface area (Å²) in [6, 6.07) is 13.4. The van der Waals surface area contributed by atoms with Gasteiger partial charge in [-0.3, -0.25) is 9.98 Å². The van der Waals surface area contributed by atoms with Crippen LogP contribution >= 0.6 is 0 Å². The highest BCUT2D eigenvalue weighted by molar-refractivity contribution is 5.84. The quantitative estimate of drug-likeness (QED) is 0.453. The van der Waals surface area contributed by atoms with Gasteiger partial charge in [0.15, 0.2) is 5.75 Å². The van der Waals surface area contributed by atoms with E-state index in [1.807, 2.05) is 6.07 Å². The van der Waals surface area contributed by atoms with Crippen LogP contribution in [0.4, 0.5) is 8.78 Å². The Morgan fingerprint density at radius 1 is 0.882 bits per heavy atom. The molecule has 1 unspecified atom stereocenters. The van der Waals surface area contributed by atoms with Crippen molar-refractivity contribution in [3.05, 3.63) is 90.1 Å². The molecule has 1 atom stereocenters. The first-order valence-corrected chi connectivity index (χ1v) is 10.5. The van der Waals surface area contributed by atoms with Gasteiger partial charge in [0.25, 0.3) is 0 Å². The molecule has 34 heavy (non-hydrogen) atoms. The van der Waals surface area contributed by atoms with E-state index in [4.69, 9.17) is 20.2 Å². The molecule has 0 saturated heterocycles. The molecule has 0 aliphatic carbocycles. The number of fused-ring (bicyclic) bond motifs is 4. The molecule has 0 amide bonds. The third-order valence-electron chi connectivity index (χ3n) is 5.95. The van der Waals surface area contributed by atoms with Crippen molar-refractivity contribution in [3.8, 4) is 33.9 Å². The lowest BCUT2D eigenvalue weighted by Crippen LogP contribution is -2.42. The number of pyridine rings is 3. The van der Waals surface area contributed by atoms with Crippen LogP contribution in [-0.4, -0.2) is 34.0 Å². The van der Waals surface area contributed by atoms with Crippen molar-refractivity contribution in [2.75, 3.05) is 13.2 Å². The van der Waals surface area contributed by atoms with Gasteiger partial charge in [0.05, 0.1) is 18.5 Å². The van der Waals surface area contributed by atoms with Crippen LogP contribution in [-0.2, 0) is 10.3 Å². The van der Waals surface area contributed by atoms with Gasteiger partial charge in [-0.05, 0) is 42.0 Å². The summed E-state index contributed by atoms with van der Waals surface area (Å²) in [5.41, 5.74) is 8.44. The number of hydrogen-bond donors (Lipinski definition) is 1. The fourth-order valence-corrected chi connectivity index (χ4v) is 4.43. The van der Waals surface area contributed by atoms with Crippen molar-refractivity contribution in [2.45, 2.75) is 5.54 Å². The van der Waals surface area contributed by atoms with Crippen molar-refractivity contribution in [1.29, 1.82) is 0 Å². The fraction of sp³-hybridized carbons (Fsp3) is 0.120. The molecule has 168 valence electrons. The first-order valence-electron chi connectivity index (χ1n) is 10.5. The predicted octanol–water partition coefficient (Wildman–Crippen LogP) is 4.22. The normalized spacial score (nSPS) is 18.6. The molecule has 0 radical (unpaired) electrons. The second kappa shape index (κ2) is 7.67. The minimum absolute atomic E-state index is 0.185. The Morgan fingerprint density at radius 2 is 1.76 bits per heavy atom. The van der Waals surface area contributed by atoms with Crippen LogP contribution in [0.2, 0.25) is 0 Å². The SMILES string of the molecule is NC1=NC2(COC1)c1cc(-c3cccnc3F)ccc1Oc1cnc(-c3ccnc(F)c3)cc12. The molecule has 0 bridgehead atoms. The predicted molar refractivity (Wildman–Crippen MR) is 120 cm³/mol. The Balaban J connectivity index is 1.58. The van der Waals surface area contributed by atoms with Gasteiger partial charge < -0.3 is 15.2 Å². The Morgan fingerprint density at radius 3 is 2.59 bits per heavy atom. The van der Waals surface area contributed by atoms with Crippen molar-refractivity contribution >= 4 is 5.84 Å². The molecule has 0 saturated carbocycles. The summed E-state index contributed by atoms with van der Waals surface area (Å²) in [5.74, 6) is 0.138. The Labute approximate surface area is 193 Å². The Kier molecular flexibility index (Phi) is 4.59. The lowest BCUT2D eigenvalue weighted by molar-refractivity contribution is 0.110. The van der Waals surface area contributed by atoms with Crippen LogP contribution in [0.1, 0.15) is 11.1 Å². The number of aliphatic imine (C=N–C) groups is 1. The highest BCUT2D eigenvalue weighted by Gasteiger charge is 2.45. The molecule has 4 aromatic rings. The van der Waals surface area contributed by atoms with E-state index in [2.05, 4.69) is 15.0 Å². The summed E-state index contributed by atoms with van der Waals surface area (Å²) in [6.45, 7) is 0.377. The number of rotatable bonds is 2. The van der Waals surface area contributed by atoms with Gasteiger partial charge in [-0.1, -0.05) is 6.07 Å². The summed E-state index contributed by atoms with van der Waals surface area (Å²) in [5, 5.41) is 0. The highest BCUT2D eigenvalue weighted by Crippen LogP contribution is 2.51. The maximum absolute atomic E-state index is 14.5. The number of aromatic nitrogens is 3. The molecular formula is C25H17F2N5O2. The minimum Gasteiger partial charge on any atom is -0.455 e. The zero-order valence-corrected chi connectivity index (χ0v) is 17.7. The van der Waals surface area contributed by atoms with E-state index >= 15 is 0 Å². The number of benzene rings is 1. The van der Waals surface area contributed by atoms with Gasteiger partial charge in [-0.15, -0.1) is 0 Å². The van der Waals surface area contributed by atoms with Gasteiger partial charge in [-0.2, -0.15) is 8.78 Å². The maximum atomic E-state index is 14.5. The summed E-state index contributed by atoms with van der Waals surface area (Å²) in [4.78, 5) is 16.6. The van der Waals surface area contributed by atoms with E-state index < -0.39 is 17.4 Å². The molecule has 0 fully saturated rings. The van der Waals surface area contributed by atoms with Crippen molar-refractivity contribution < 1.29 is 18.3 Å². The standard InChI is InChI=1S/C25H17F2N5O2/c26-22-9-15(5-7-29-22)19-10-18-21(11-31-19)34-20-4-3-14(16-2-1-6-30-24(16)27)8-17(20)25(18)13-33-12-23(28)32-25/h1-11H,12-13H2,(H2,28,32). The number of ether oxygens (including phenoxy) is 2. The Bertz CT molecular complexity index is 1480. The molecule has 6 rings (SSSR count). The molecule has 1 aromatic carbocycles. The van der Waals surface area contributed by atoms with Crippen LogP contribution in [0.5, 0.6) is 11.5 Å². The van der Waals surface area contributed by atoms with Crippen molar-refractivity contribution in [2.24, 2.45) is 10.7 Å². The molecule has 7 nitrogen and oxygen atoms in total. The summed E-state index contributed by atoms with van der Waals surface area (Å²) in [6.07, 6.45) is 4.35. The smallest absolute Gasteiger partial charge is 0.220 e. The third kappa shape index (κ3) is 3.20. The lowest BCUT2D eigenvalue weighted by atomic mass is 9.79. The topological polar surface area (TPSA) is 95.5 Å². The third-order valence-corrected chi connectivity index (χ3v) is 5.95. The average Bonchev–Trinajstić information content (AvgIpc) is 2.84. The number of nitrogens with zero attached hydrogens (tertiary/aromatic N) is 4. The molecule has 5 heterocycles. The van der Waals surface area contributed by atoms with Crippen molar-refractivity contribution in [1.82, 2.24) is 15.0 Å². The molecular weight excluding hydrogens is 440 g/mol. The monoisotopic (exact) mass is 457 g/mol. The number of amidine groups is 1. The van der Waals surface area contributed by atoms with E-state index in [0.29, 0.717) is 50.8 Å². The van der Waals surface area contributed by atoms with Gasteiger partial charge >= 0.3 is 0 Å². The second-order valence-corrected chi connectivity index (χ2v) is 8.04. The van der Waals surface area contributed by atoms with Crippen LogP contribution in [0.3, 0.4) is 0 Å². The summed E-state index contributed by atoms with van der Waals surface area (Å²) < 4.78 is 40.2. The molecule has 3 aromatic heterocycles. The van der Waals surface area contributed by atoms with Gasteiger partial charge in [0, 0.05) is 40.7 Å². The fourth-order valence-electron chi connectivity index (χ4n) is 4.43. The molecule has 2 aliphatic rings. The van der Waals surface area contributed by atoms with Crippen LogP contribution < -0.4 is 10.5 Å². The van der Waals surface area contributed by atoms with Crippen LogP contribution in [0.25, 0.3) is 22.4 Å². The molecule has 9 heteroatoms. The Hall–Kier alpha value is -4.24. The van der Waals surface area contributed by atoms with Crippen LogP contribution in [0.15, 0.2) is 72.1 Å². The zero-order valence-electron chi connectivity index (χ0n) is 17.7. The lowest BCUT2D eigenvalue weighted by Gasteiger charge is -2.39. The van der Waals surface area contributed by atoms with E-state index in [9.17, 15) is 8.78 Å². The van der Waals surface area contributed by atoms with Crippen LogP contribution in [0, 0.1) is 11.9 Å². The average molecular weight is 457 g/mol. The van der Waals surface area contributed by atoms with Gasteiger partial charge in [0.1, 0.15) is 23.7 Å². The minimum atomic E-state index is -1.05. The molecule has 1 spiro atoms. The zero-order chi connectivity index (χ0) is 23.3. The van der Waals surface area contributed by atoms with Crippen molar-refractivity contribution in [3.63, 3.8) is 0 Å². The maximum Gasteiger partial charge on any atom is 0.220 e. The van der Waals surface area contributed by atoms with E-state index in [-0.39, 0.29) is 13.2 Å². The first-order chi connectivity index (χ1) is 16.5. The summed E-state index contributed by atoms with van der Waals surface area (Å²) >= 11 is 0. The highest BCUT2D eigenvalue weighted by atomic mass is 19.1. The molecule has 2 aliphatic heterocycles. The molecule has 2 N–H and O–H groups in total. The van der Waals surface area contributed by atoms with Gasteiger partial charge in [0.2, 0.25) is 11.9 Å². The number of nitrogens with two attached hydrogens (primary N) is 1.